The molecule has 0 bridgehead atoms. The molecule has 0 aliphatic carbocycles. The van der Waals surface area contributed by atoms with E-state index in [0.29, 0.717) is 0 Å². The van der Waals surface area contributed by atoms with Crippen molar-refractivity contribution in [1.82, 2.24) is 10.2 Å². The van der Waals surface area contributed by atoms with Crippen LogP contribution < -0.4 is 5.32 Å². The molecule has 0 aromatic heterocycles. The summed E-state index contributed by atoms with van der Waals surface area (Å²) in [6, 6.07) is 0.909. The first kappa shape index (κ1) is 20.0. The van der Waals surface area contributed by atoms with Crippen molar-refractivity contribution in [3.63, 3.8) is 0 Å². The Morgan fingerprint density at radius 2 is 1.32 bits per heavy atom. The number of nitrogens with zero attached hydrogens (tertiary/aromatic N) is 1. The van der Waals surface area contributed by atoms with Crippen molar-refractivity contribution in [2.75, 3.05) is 26.2 Å². The van der Waals surface area contributed by atoms with Crippen LogP contribution in [0.3, 0.4) is 0 Å². The zero-order valence-corrected chi connectivity index (χ0v) is 15.5. The Bertz CT molecular complexity index is 208. The van der Waals surface area contributed by atoms with Crippen LogP contribution in [0.5, 0.6) is 0 Å². The van der Waals surface area contributed by atoms with E-state index in [-0.39, 0.29) is 0 Å². The highest BCUT2D eigenvalue weighted by Crippen LogP contribution is 2.20. The van der Waals surface area contributed by atoms with Crippen LogP contribution in [0, 0.1) is 0 Å². The first-order valence-electron chi connectivity index (χ1n) is 10.3. The smallest absolute Gasteiger partial charge is 0.00952 e. The highest BCUT2D eigenvalue weighted by molar-refractivity contribution is 4.75. The van der Waals surface area contributed by atoms with Crippen LogP contribution in [0.25, 0.3) is 0 Å². The van der Waals surface area contributed by atoms with Crippen LogP contribution in [0.15, 0.2) is 0 Å². The van der Waals surface area contributed by atoms with E-state index in [1.54, 1.807) is 0 Å². The van der Waals surface area contributed by atoms with Crippen LogP contribution in [0.2, 0.25) is 0 Å². The fourth-order valence-electron chi connectivity index (χ4n) is 3.66. The predicted octanol–water partition coefficient (Wildman–Crippen LogP) is 5.37. The monoisotopic (exact) mass is 310 g/mol. The van der Waals surface area contributed by atoms with Gasteiger partial charge in [-0.3, -0.25) is 0 Å². The van der Waals surface area contributed by atoms with Gasteiger partial charge in [0.05, 0.1) is 0 Å². The quantitative estimate of drug-likeness (QED) is 0.606. The number of piperidine rings is 2. The molecule has 2 heterocycles. The average Bonchev–Trinajstić information content (AvgIpc) is 2.61. The molecule has 2 fully saturated rings. The molecule has 0 aromatic rings. The van der Waals surface area contributed by atoms with Gasteiger partial charge in [0.25, 0.3) is 0 Å². The van der Waals surface area contributed by atoms with E-state index in [0.717, 1.165) is 6.04 Å². The largest absolute Gasteiger partial charge is 0.317 e. The maximum atomic E-state index is 3.28. The minimum Gasteiger partial charge on any atom is -0.317 e. The van der Waals surface area contributed by atoms with Gasteiger partial charge in [0.15, 0.2) is 0 Å². The Kier molecular flexibility index (Phi) is 13.2. The normalized spacial score (nSPS) is 21.0. The Morgan fingerprint density at radius 1 is 0.727 bits per heavy atom. The minimum absolute atomic E-state index is 0.909. The summed E-state index contributed by atoms with van der Waals surface area (Å²) in [5.74, 6) is 0. The zero-order chi connectivity index (χ0) is 15.9. The average molecular weight is 311 g/mol. The molecule has 2 rings (SSSR count). The SMILES string of the molecule is C1CCNCC1.CCCCCC(CCCC)N1CCCCC1. The van der Waals surface area contributed by atoms with E-state index < -0.39 is 0 Å². The lowest BCUT2D eigenvalue weighted by Crippen LogP contribution is -2.39. The molecule has 0 saturated carbocycles. The lowest BCUT2D eigenvalue weighted by Gasteiger charge is -2.34. The summed E-state index contributed by atoms with van der Waals surface area (Å²) in [5.41, 5.74) is 0. The first-order valence-corrected chi connectivity index (χ1v) is 10.3. The molecule has 2 nitrogen and oxygen atoms in total. The Balaban J connectivity index is 0.000000335. The molecule has 1 N–H and O–H groups in total. The summed E-state index contributed by atoms with van der Waals surface area (Å²) in [7, 11) is 0. The standard InChI is InChI=1S/C15H31N.C5H11N/c1-3-5-8-12-15(11-6-4-2)16-13-9-7-10-14-16;1-2-4-6-5-3-1/h15H,3-14H2,1-2H3;6H,1-5H2. The van der Waals surface area contributed by atoms with Gasteiger partial charge in [-0.2, -0.15) is 0 Å². The van der Waals surface area contributed by atoms with Gasteiger partial charge in [0.1, 0.15) is 0 Å². The molecule has 22 heavy (non-hydrogen) atoms. The van der Waals surface area contributed by atoms with Crippen molar-refractivity contribution in [2.24, 2.45) is 0 Å². The fourth-order valence-corrected chi connectivity index (χ4v) is 3.66. The molecule has 0 amide bonds. The molecule has 0 spiro atoms. The number of unbranched alkanes of at least 4 members (excludes halogenated alkanes) is 3. The third kappa shape index (κ3) is 9.84. The zero-order valence-electron chi connectivity index (χ0n) is 15.5. The fraction of sp³-hybridized carbons (Fsp3) is 1.00. The number of nitrogens with one attached hydrogen (secondary N) is 1. The third-order valence-corrected chi connectivity index (χ3v) is 5.15. The van der Waals surface area contributed by atoms with Gasteiger partial charge in [0.2, 0.25) is 0 Å². The van der Waals surface area contributed by atoms with Gasteiger partial charge >= 0.3 is 0 Å². The predicted molar refractivity (Wildman–Crippen MR) is 99.6 cm³/mol. The van der Waals surface area contributed by atoms with Gasteiger partial charge in [-0.25, -0.2) is 0 Å². The molecule has 1 unspecified atom stereocenters. The summed E-state index contributed by atoms with van der Waals surface area (Å²) in [6.45, 7) is 9.88. The van der Waals surface area contributed by atoms with Crippen LogP contribution in [-0.2, 0) is 0 Å². The maximum absolute atomic E-state index is 3.28. The number of likely N-dealkylation sites (tertiary alicyclic amines) is 1. The van der Waals surface area contributed by atoms with Gasteiger partial charge in [-0.15, -0.1) is 0 Å². The van der Waals surface area contributed by atoms with Crippen molar-refractivity contribution in [3.05, 3.63) is 0 Å². The lowest BCUT2D eigenvalue weighted by atomic mass is 9.98. The van der Waals surface area contributed by atoms with Gasteiger partial charge in [0, 0.05) is 6.04 Å². The minimum atomic E-state index is 0.909. The maximum Gasteiger partial charge on any atom is 0.00952 e. The summed E-state index contributed by atoms with van der Waals surface area (Å²) in [4.78, 5) is 2.79. The molecular weight excluding hydrogens is 268 g/mol. The molecule has 1 atom stereocenters. The van der Waals surface area contributed by atoms with E-state index in [9.17, 15) is 0 Å². The van der Waals surface area contributed by atoms with E-state index >= 15 is 0 Å². The number of rotatable bonds is 8. The summed E-state index contributed by atoms with van der Waals surface area (Å²) in [5, 5.41) is 3.28. The molecule has 132 valence electrons. The van der Waals surface area contributed by atoms with E-state index in [1.165, 1.54) is 110 Å². The Hall–Kier alpha value is -0.0800. The molecule has 2 saturated heterocycles. The van der Waals surface area contributed by atoms with Crippen molar-refractivity contribution in [3.8, 4) is 0 Å². The second-order valence-electron chi connectivity index (χ2n) is 7.20. The van der Waals surface area contributed by atoms with Crippen molar-refractivity contribution < 1.29 is 0 Å². The first-order chi connectivity index (χ1) is 10.9. The Morgan fingerprint density at radius 3 is 1.82 bits per heavy atom. The summed E-state index contributed by atoms with van der Waals surface area (Å²) < 4.78 is 0. The van der Waals surface area contributed by atoms with E-state index in [1.807, 2.05) is 0 Å². The third-order valence-electron chi connectivity index (χ3n) is 5.15. The molecule has 2 heteroatoms. The van der Waals surface area contributed by atoms with Gasteiger partial charge < -0.3 is 10.2 Å². The number of hydrogen-bond acceptors (Lipinski definition) is 2. The van der Waals surface area contributed by atoms with Crippen LogP contribution >= 0.6 is 0 Å². The van der Waals surface area contributed by atoms with E-state index in [2.05, 4.69) is 24.1 Å². The summed E-state index contributed by atoms with van der Waals surface area (Å²) >= 11 is 0. The highest BCUT2D eigenvalue weighted by atomic mass is 15.2. The van der Waals surface area contributed by atoms with Crippen molar-refractivity contribution in [2.45, 2.75) is 103 Å². The molecule has 0 radical (unpaired) electrons. The topological polar surface area (TPSA) is 15.3 Å². The Labute approximate surface area is 140 Å². The van der Waals surface area contributed by atoms with Crippen LogP contribution in [0.4, 0.5) is 0 Å². The molecular formula is C20H42N2. The van der Waals surface area contributed by atoms with Crippen molar-refractivity contribution in [1.29, 1.82) is 0 Å². The second-order valence-corrected chi connectivity index (χ2v) is 7.20. The van der Waals surface area contributed by atoms with Gasteiger partial charge in [-0.1, -0.05) is 58.8 Å². The van der Waals surface area contributed by atoms with Crippen LogP contribution in [0.1, 0.15) is 97.3 Å². The molecule has 2 aliphatic rings. The summed E-state index contributed by atoms with van der Waals surface area (Å²) in [6.07, 6.45) is 18.5. The van der Waals surface area contributed by atoms with Crippen LogP contribution in [-0.4, -0.2) is 37.1 Å². The molecule has 2 aliphatic heterocycles. The highest BCUT2D eigenvalue weighted by Gasteiger charge is 2.19. The number of hydrogen-bond donors (Lipinski definition) is 1. The molecule has 0 aromatic carbocycles. The van der Waals surface area contributed by atoms with Crippen molar-refractivity contribution >= 4 is 0 Å². The lowest BCUT2D eigenvalue weighted by molar-refractivity contribution is 0.143. The second kappa shape index (κ2) is 14.5. The van der Waals surface area contributed by atoms with E-state index in [4.69, 9.17) is 0 Å². The van der Waals surface area contributed by atoms with Gasteiger partial charge in [-0.05, 0) is 64.7 Å².